The minimum atomic E-state index is -0.878. The summed E-state index contributed by atoms with van der Waals surface area (Å²) >= 11 is 0. The molecule has 2 atom stereocenters. The van der Waals surface area contributed by atoms with Gasteiger partial charge in [-0.1, -0.05) is 6.92 Å². The summed E-state index contributed by atoms with van der Waals surface area (Å²) in [6.07, 6.45) is 4.11. The van der Waals surface area contributed by atoms with Crippen LogP contribution in [0.5, 0.6) is 0 Å². The molecule has 6 nitrogen and oxygen atoms in total. The van der Waals surface area contributed by atoms with Crippen LogP contribution in [0, 0.1) is 5.92 Å². The first-order valence-electron chi connectivity index (χ1n) is 8.24. The fraction of sp³-hybridized carbons (Fsp3) is 0.875. The van der Waals surface area contributed by atoms with Crippen LogP contribution in [-0.4, -0.2) is 60.9 Å². The van der Waals surface area contributed by atoms with Crippen LogP contribution in [-0.2, 0) is 19.1 Å². The van der Waals surface area contributed by atoms with E-state index in [-0.39, 0.29) is 18.6 Å². The van der Waals surface area contributed by atoms with E-state index in [0.717, 1.165) is 25.7 Å². The minimum absolute atomic E-state index is 0.0171. The Morgan fingerprint density at radius 1 is 1.41 bits per heavy atom. The Balaban J connectivity index is 2.49. The van der Waals surface area contributed by atoms with Gasteiger partial charge in [0.15, 0.2) is 0 Å². The molecule has 0 bridgehead atoms. The lowest BCUT2D eigenvalue weighted by Crippen LogP contribution is -2.40. The van der Waals surface area contributed by atoms with Crippen LogP contribution in [0.3, 0.4) is 0 Å². The minimum Gasteiger partial charge on any atom is -0.481 e. The summed E-state index contributed by atoms with van der Waals surface area (Å²) in [6, 6.07) is 0. The van der Waals surface area contributed by atoms with Crippen LogP contribution >= 0.6 is 0 Å². The second-order valence-corrected chi connectivity index (χ2v) is 5.82. The summed E-state index contributed by atoms with van der Waals surface area (Å²) in [5, 5.41) is 9.06. The lowest BCUT2D eigenvalue weighted by Gasteiger charge is -2.28. The number of carbonyl (C=O) groups is 2. The van der Waals surface area contributed by atoms with Crippen molar-refractivity contribution < 1.29 is 24.2 Å². The van der Waals surface area contributed by atoms with Crippen molar-refractivity contribution in [2.45, 2.75) is 52.1 Å². The van der Waals surface area contributed by atoms with Crippen molar-refractivity contribution in [3.63, 3.8) is 0 Å². The zero-order valence-corrected chi connectivity index (χ0v) is 13.8. The molecule has 0 radical (unpaired) electrons. The van der Waals surface area contributed by atoms with Crippen molar-refractivity contribution in [1.82, 2.24) is 4.90 Å². The zero-order chi connectivity index (χ0) is 16.4. The number of rotatable bonds is 10. The fourth-order valence-corrected chi connectivity index (χ4v) is 2.52. The smallest absolute Gasteiger partial charge is 0.308 e. The maximum atomic E-state index is 12.4. The molecule has 128 valence electrons. The number of carbonyl (C=O) groups excluding carboxylic acids is 1. The highest BCUT2D eigenvalue weighted by Crippen LogP contribution is 2.17. The van der Waals surface area contributed by atoms with Gasteiger partial charge in [-0.05, 0) is 32.6 Å². The largest absolute Gasteiger partial charge is 0.481 e. The van der Waals surface area contributed by atoms with Gasteiger partial charge in [0, 0.05) is 32.9 Å². The van der Waals surface area contributed by atoms with Crippen LogP contribution < -0.4 is 0 Å². The highest BCUT2D eigenvalue weighted by molar-refractivity contribution is 5.78. The van der Waals surface area contributed by atoms with Crippen molar-refractivity contribution in [2.75, 3.05) is 32.9 Å². The molecule has 1 heterocycles. The quantitative estimate of drug-likeness (QED) is 0.623. The molecule has 2 unspecified atom stereocenters. The predicted octanol–water partition coefficient (Wildman–Crippen LogP) is 1.92. The van der Waals surface area contributed by atoms with E-state index >= 15 is 0 Å². The second-order valence-electron chi connectivity index (χ2n) is 5.82. The van der Waals surface area contributed by atoms with E-state index in [1.165, 1.54) is 0 Å². The molecule has 1 fully saturated rings. The zero-order valence-electron chi connectivity index (χ0n) is 13.8. The molecular weight excluding hydrogens is 286 g/mol. The van der Waals surface area contributed by atoms with E-state index < -0.39 is 11.9 Å². The monoisotopic (exact) mass is 315 g/mol. The average molecular weight is 315 g/mol. The molecule has 0 saturated carbocycles. The maximum absolute atomic E-state index is 12.4. The average Bonchev–Trinajstić information content (AvgIpc) is 2.50. The highest BCUT2D eigenvalue weighted by Gasteiger charge is 2.24. The molecule has 1 saturated heterocycles. The lowest BCUT2D eigenvalue weighted by molar-refractivity contribution is -0.143. The Kier molecular flexibility index (Phi) is 9.08. The van der Waals surface area contributed by atoms with Gasteiger partial charge < -0.3 is 19.5 Å². The molecule has 1 amide bonds. The number of hydrogen-bond donors (Lipinski definition) is 1. The van der Waals surface area contributed by atoms with E-state index in [9.17, 15) is 9.59 Å². The van der Waals surface area contributed by atoms with Gasteiger partial charge in [-0.2, -0.15) is 0 Å². The fourth-order valence-electron chi connectivity index (χ4n) is 2.52. The molecule has 1 N–H and O–H groups in total. The SMILES string of the molecule is CCOCCCN(CC(C)C(=O)O)C(=O)CC1CCCCO1. The van der Waals surface area contributed by atoms with Crippen molar-refractivity contribution in [3.8, 4) is 0 Å². The topological polar surface area (TPSA) is 76.1 Å². The third-order valence-corrected chi connectivity index (χ3v) is 3.87. The van der Waals surface area contributed by atoms with E-state index in [1.54, 1.807) is 11.8 Å². The third kappa shape index (κ3) is 7.22. The van der Waals surface area contributed by atoms with Gasteiger partial charge in [0.1, 0.15) is 0 Å². The van der Waals surface area contributed by atoms with E-state index in [0.29, 0.717) is 32.8 Å². The summed E-state index contributed by atoms with van der Waals surface area (Å²) in [7, 11) is 0. The van der Waals surface area contributed by atoms with Crippen LogP contribution in [0.15, 0.2) is 0 Å². The standard InChI is InChI=1S/C16H29NO5/c1-3-21-9-6-8-17(12-13(2)16(19)20)15(18)11-14-7-4-5-10-22-14/h13-14H,3-12H2,1-2H3,(H,19,20). The van der Waals surface area contributed by atoms with Crippen LogP contribution in [0.1, 0.15) is 46.0 Å². The van der Waals surface area contributed by atoms with Gasteiger partial charge in [0.2, 0.25) is 5.91 Å². The molecule has 6 heteroatoms. The van der Waals surface area contributed by atoms with E-state index in [1.807, 2.05) is 6.92 Å². The number of ether oxygens (including phenoxy) is 2. The molecular formula is C16H29NO5. The number of hydrogen-bond acceptors (Lipinski definition) is 4. The lowest BCUT2D eigenvalue weighted by atomic mass is 10.0. The Bertz CT molecular complexity index is 341. The maximum Gasteiger partial charge on any atom is 0.308 e. The van der Waals surface area contributed by atoms with Crippen LogP contribution in [0.25, 0.3) is 0 Å². The molecule has 1 aliphatic rings. The van der Waals surface area contributed by atoms with Crippen LogP contribution in [0.2, 0.25) is 0 Å². The van der Waals surface area contributed by atoms with Gasteiger partial charge in [0.25, 0.3) is 0 Å². The van der Waals surface area contributed by atoms with Gasteiger partial charge >= 0.3 is 5.97 Å². The summed E-state index contributed by atoms with van der Waals surface area (Å²) in [5.74, 6) is -1.46. The summed E-state index contributed by atoms with van der Waals surface area (Å²) in [5.41, 5.74) is 0. The van der Waals surface area contributed by atoms with Crippen molar-refractivity contribution in [3.05, 3.63) is 0 Å². The highest BCUT2D eigenvalue weighted by atomic mass is 16.5. The van der Waals surface area contributed by atoms with Crippen molar-refractivity contribution >= 4 is 11.9 Å². The summed E-state index contributed by atoms with van der Waals surface area (Å²) in [4.78, 5) is 25.1. The van der Waals surface area contributed by atoms with E-state index in [2.05, 4.69) is 0 Å². The molecule has 0 aromatic heterocycles. The first kappa shape index (κ1) is 18.9. The van der Waals surface area contributed by atoms with E-state index in [4.69, 9.17) is 14.6 Å². The van der Waals surface area contributed by atoms with Gasteiger partial charge in [-0.15, -0.1) is 0 Å². The molecule has 0 spiro atoms. The predicted molar refractivity (Wildman–Crippen MR) is 82.7 cm³/mol. The Labute approximate surface area is 132 Å². The normalized spacial score (nSPS) is 19.6. The molecule has 0 aromatic rings. The summed E-state index contributed by atoms with van der Waals surface area (Å²) in [6.45, 7) is 6.28. The molecule has 22 heavy (non-hydrogen) atoms. The van der Waals surface area contributed by atoms with Crippen LogP contribution in [0.4, 0.5) is 0 Å². The molecule has 1 rings (SSSR count). The Morgan fingerprint density at radius 3 is 2.77 bits per heavy atom. The number of carboxylic acids is 1. The molecule has 0 aliphatic carbocycles. The Hall–Kier alpha value is -1.14. The number of aliphatic carboxylic acids is 1. The first-order chi connectivity index (χ1) is 10.5. The van der Waals surface area contributed by atoms with Gasteiger partial charge in [0.05, 0.1) is 18.4 Å². The second kappa shape index (κ2) is 10.6. The summed E-state index contributed by atoms with van der Waals surface area (Å²) < 4.78 is 10.9. The molecule has 1 aliphatic heterocycles. The number of nitrogens with zero attached hydrogens (tertiary/aromatic N) is 1. The number of amides is 1. The Morgan fingerprint density at radius 2 is 2.18 bits per heavy atom. The van der Waals surface area contributed by atoms with Crippen molar-refractivity contribution in [2.24, 2.45) is 5.92 Å². The number of carboxylic acid groups (broad SMARTS) is 1. The first-order valence-corrected chi connectivity index (χ1v) is 8.24. The van der Waals surface area contributed by atoms with Crippen molar-refractivity contribution in [1.29, 1.82) is 0 Å². The third-order valence-electron chi connectivity index (χ3n) is 3.87. The molecule has 0 aromatic carbocycles. The van der Waals surface area contributed by atoms with Gasteiger partial charge in [-0.25, -0.2) is 0 Å². The van der Waals surface area contributed by atoms with Gasteiger partial charge in [-0.3, -0.25) is 9.59 Å².